The van der Waals surface area contributed by atoms with Crippen LogP contribution in [0.15, 0.2) is 0 Å². The number of hydrogen-bond donors (Lipinski definition) is 0. The van der Waals surface area contributed by atoms with Crippen LogP contribution in [0.4, 0.5) is 0 Å². The molecule has 4 nitrogen and oxygen atoms in total. The zero-order valence-corrected chi connectivity index (χ0v) is 12.0. The Kier molecular flexibility index (Phi) is 3.81. The van der Waals surface area contributed by atoms with Crippen LogP contribution in [0.25, 0.3) is 0 Å². The molecule has 4 heteroatoms. The monoisotopic (exact) mass is 267 g/mol. The number of ether oxygens (including phenoxy) is 2. The average molecular weight is 267 g/mol. The van der Waals surface area contributed by atoms with E-state index in [1.54, 1.807) is 0 Å². The summed E-state index contributed by atoms with van der Waals surface area (Å²) in [6.07, 6.45) is 2.43. The maximum Gasteiger partial charge on any atom is 0.226 e. The third-order valence-corrected chi connectivity index (χ3v) is 5.01. The maximum atomic E-state index is 12.3. The van der Waals surface area contributed by atoms with Crippen molar-refractivity contribution in [3.63, 3.8) is 0 Å². The smallest absolute Gasteiger partial charge is 0.226 e. The van der Waals surface area contributed by atoms with E-state index in [2.05, 4.69) is 11.8 Å². The summed E-state index contributed by atoms with van der Waals surface area (Å²) >= 11 is 0. The summed E-state index contributed by atoms with van der Waals surface area (Å²) in [6, 6.07) is 0. The predicted octanol–water partition coefficient (Wildman–Crippen LogP) is 1.54. The minimum Gasteiger partial charge on any atom is -0.382 e. The van der Waals surface area contributed by atoms with Gasteiger partial charge in [-0.1, -0.05) is 6.92 Å². The van der Waals surface area contributed by atoms with E-state index in [-0.39, 0.29) is 6.10 Å². The van der Waals surface area contributed by atoms with Gasteiger partial charge in [0, 0.05) is 38.1 Å². The van der Waals surface area contributed by atoms with Gasteiger partial charge in [0.05, 0.1) is 12.7 Å². The molecule has 5 atom stereocenters. The SMILES string of the molecule is CCOCC[C@H]1CO[C@H]2CN(C(=O)[C@H]3C[C@@H]3C)C[C@@H]12. The van der Waals surface area contributed by atoms with E-state index in [1.807, 2.05) is 6.92 Å². The van der Waals surface area contributed by atoms with Crippen LogP contribution in [0.5, 0.6) is 0 Å². The van der Waals surface area contributed by atoms with Crippen molar-refractivity contribution >= 4 is 5.91 Å². The third kappa shape index (κ3) is 2.65. The highest BCUT2D eigenvalue weighted by atomic mass is 16.5. The molecule has 0 N–H and O–H groups in total. The molecule has 0 bridgehead atoms. The summed E-state index contributed by atoms with van der Waals surface area (Å²) in [7, 11) is 0. The number of likely N-dealkylation sites (tertiary alicyclic amines) is 1. The molecule has 3 fully saturated rings. The molecule has 1 aliphatic carbocycles. The summed E-state index contributed by atoms with van der Waals surface area (Å²) in [5.41, 5.74) is 0. The Balaban J connectivity index is 1.51. The molecule has 2 aliphatic heterocycles. The van der Waals surface area contributed by atoms with Crippen LogP contribution in [0.3, 0.4) is 0 Å². The van der Waals surface area contributed by atoms with Gasteiger partial charge in [-0.05, 0) is 31.6 Å². The third-order valence-electron chi connectivity index (χ3n) is 5.01. The molecule has 0 aromatic carbocycles. The molecule has 0 unspecified atom stereocenters. The lowest BCUT2D eigenvalue weighted by Gasteiger charge is -2.20. The van der Waals surface area contributed by atoms with Crippen molar-refractivity contribution < 1.29 is 14.3 Å². The Morgan fingerprint density at radius 1 is 1.42 bits per heavy atom. The van der Waals surface area contributed by atoms with Gasteiger partial charge >= 0.3 is 0 Å². The van der Waals surface area contributed by atoms with Gasteiger partial charge in [-0.3, -0.25) is 4.79 Å². The minimum absolute atomic E-state index is 0.282. The lowest BCUT2D eigenvalue weighted by Crippen LogP contribution is -2.32. The van der Waals surface area contributed by atoms with E-state index in [1.165, 1.54) is 0 Å². The summed E-state index contributed by atoms with van der Waals surface area (Å²) in [6.45, 7) is 8.38. The number of nitrogens with zero attached hydrogens (tertiary/aromatic N) is 1. The molecule has 2 heterocycles. The highest BCUT2D eigenvalue weighted by molar-refractivity contribution is 5.82. The molecule has 1 amide bonds. The maximum absolute atomic E-state index is 12.3. The van der Waals surface area contributed by atoms with Crippen molar-refractivity contribution in [3.05, 3.63) is 0 Å². The Bertz CT molecular complexity index is 346. The molecular formula is C15H25NO3. The van der Waals surface area contributed by atoms with E-state index in [0.29, 0.717) is 29.6 Å². The van der Waals surface area contributed by atoms with Crippen molar-refractivity contribution in [1.82, 2.24) is 4.90 Å². The Labute approximate surface area is 115 Å². The molecule has 1 saturated carbocycles. The van der Waals surface area contributed by atoms with Crippen LogP contribution in [0, 0.1) is 23.7 Å². The molecule has 3 aliphatic rings. The number of carbonyl (C=O) groups is 1. The molecule has 0 aromatic heterocycles. The Morgan fingerprint density at radius 3 is 2.89 bits per heavy atom. The second kappa shape index (κ2) is 5.41. The fourth-order valence-electron chi connectivity index (χ4n) is 3.56. The molecule has 0 spiro atoms. The van der Waals surface area contributed by atoms with Crippen LogP contribution < -0.4 is 0 Å². The Hall–Kier alpha value is -0.610. The summed E-state index contributed by atoms with van der Waals surface area (Å²) in [4.78, 5) is 14.3. The average Bonchev–Trinajstić information content (AvgIpc) is 2.84. The fourth-order valence-corrected chi connectivity index (χ4v) is 3.56. The van der Waals surface area contributed by atoms with Gasteiger partial charge in [0.1, 0.15) is 0 Å². The topological polar surface area (TPSA) is 38.8 Å². The van der Waals surface area contributed by atoms with E-state index in [9.17, 15) is 4.79 Å². The zero-order valence-electron chi connectivity index (χ0n) is 12.0. The first-order valence-electron chi connectivity index (χ1n) is 7.68. The van der Waals surface area contributed by atoms with Crippen LogP contribution in [-0.2, 0) is 14.3 Å². The van der Waals surface area contributed by atoms with Gasteiger partial charge < -0.3 is 14.4 Å². The van der Waals surface area contributed by atoms with Gasteiger partial charge in [0.25, 0.3) is 0 Å². The highest BCUT2D eigenvalue weighted by Gasteiger charge is 2.49. The van der Waals surface area contributed by atoms with Crippen LogP contribution >= 0.6 is 0 Å². The van der Waals surface area contributed by atoms with Gasteiger partial charge in [0.15, 0.2) is 0 Å². The second-order valence-electron chi connectivity index (χ2n) is 6.34. The first-order chi connectivity index (χ1) is 9.20. The van der Waals surface area contributed by atoms with Gasteiger partial charge in [-0.25, -0.2) is 0 Å². The lowest BCUT2D eigenvalue weighted by molar-refractivity contribution is -0.132. The molecule has 0 radical (unpaired) electrons. The number of hydrogen-bond acceptors (Lipinski definition) is 3. The zero-order chi connectivity index (χ0) is 13.4. The van der Waals surface area contributed by atoms with Crippen molar-refractivity contribution in [2.45, 2.75) is 32.8 Å². The normalized spacial score (nSPS) is 40.5. The van der Waals surface area contributed by atoms with Crippen LogP contribution in [0.1, 0.15) is 26.7 Å². The standard InChI is InChI=1S/C15H25NO3/c1-3-18-5-4-11-9-19-14-8-16(7-13(11)14)15(17)12-6-10(12)2/h10-14H,3-9H2,1-2H3/t10-,11-,12-,13-,14-/m0/s1. The molecule has 108 valence electrons. The molecule has 19 heavy (non-hydrogen) atoms. The van der Waals surface area contributed by atoms with Crippen molar-refractivity contribution in [1.29, 1.82) is 0 Å². The lowest BCUT2D eigenvalue weighted by atomic mass is 9.91. The van der Waals surface area contributed by atoms with Crippen LogP contribution in [-0.4, -0.2) is 49.8 Å². The van der Waals surface area contributed by atoms with Gasteiger partial charge in [-0.2, -0.15) is 0 Å². The highest BCUT2D eigenvalue weighted by Crippen LogP contribution is 2.42. The first-order valence-corrected chi connectivity index (χ1v) is 7.68. The minimum atomic E-state index is 0.282. The van der Waals surface area contributed by atoms with E-state index in [4.69, 9.17) is 9.47 Å². The largest absolute Gasteiger partial charge is 0.382 e. The Morgan fingerprint density at radius 2 is 2.21 bits per heavy atom. The molecule has 2 saturated heterocycles. The van der Waals surface area contributed by atoms with E-state index < -0.39 is 0 Å². The van der Waals surface area contributed by atoms with E-state index in [0.717, 1.165) is 45.8 Å². The van der Waals surface area contributed by atoms with Crippen molar-refractivity contribution in [3.8, 4) is 0 Å². The summed E-state index contributed by atoms with van der Waals surface area (Å²) < 4.78 is 11.3. The van der Waals surface area contributed by atoms with E-state index >= 15 is 0 Å². The van der Waals surface area contributed by atoms with Crippen molar-refractivity contribution in [2.75, 3.05) is 32.9 Å². The molecule has 3 rings (SSSR count). The summed E-state index contributed by atoms with van der Waals surface area (Å²) in [5.74, 6) is 2.39. The quantitative estimate of drug-likeness (QED) is 0.709. The van der Waals surface area contributed by atoms with Gasteiger partial charge in [-0.15, -0.1) is 0 Å². The molecular weight excluding hydrogens is 242 g/mol. The fraction of sp³-hybridized carbons (Fsp3) is 0.933. The van der Waals surface area contributed by atoms with Crippen molar-refractivity contribution in [2.24, 2.45) is 23.7 Å². The first kappa shape index (κ1) is 13.4. The number of rotatable bonds is 5. The van der Waals surface area contributed by atoms with Gasteiger partial charge in [0.2, 0.25) is 5.91 Å². The number of fused-ring (bicyclic) bond motifs is 1. The second-order valence-corrected chi connectivity index (χ2v) is 6.34. The number of amides is 1. The molecule has 0 aromatic rings. The number of carbonyl (C=O) groups excluding carboxylic acids is 1. The summed E-state index contributed by atoms with van der Waals surface area (Å²) in [5, 5.41) is 0. The van der Waals surface area contributed by atoms with Crippen LogP contribution in [0.2, 0.25) is 0 Å². The predicted molar refractivity (Wildman–Crippen MR) is 71.7 cm³/mol.